The molecule has 0 saturated carbocycles. The highest BCUT2D eigenvalue weighted by Crippen LogP contribution is 2.39. The van der Waals surface area contributed by atoms with Gasteiger partial charge in [-0.25, -0.2) is 0 Å². The number of thioether (sulfide) groups is 1. The van der Waals surface area contributed by atoms with Crippen LogP contribution in [0.1, 0.15) is 57.4 Å². The summed E-state index contributed by atoms with van der Waals surface area (Å²) in [5.74, 6) is 0.292. The van der Waals surface area contributed by atoms with Crippen molar-refractivity contribution in [3.8, 4) is 0 Å². The number of Topliss-reactive ketones (excluding diaryl/α,β-unsaturated/α-hetero) is 1. The highest BCUT2D eigenvalue weighted by atomic mass is 32.2. The molecule has 8 nitrogen and oxygen atoms in total. The second-order valence-electron chi connectivity index (χ2n) is 9.09. The molecule has 2 aliphatic rings. The first-order valence-electron chi connectivity index (χ1n) is 12.3. The predicted octanol–water partition coefficient (Wildman–Crippen LogP) is 2.21. The molecule has 186 valence electrons. The fourth-order valence-corrected chi connectivity index (χ4v) is 6.09. The van der Waals surface area contributed by atoms with Gasteiger partial charge in [-0.1, -0.05) is 43.7 Å². The van der Waals surface area contributed by atoms with Crippen LogP contribution >= 0.6 is 11.8 Å². The van der Waals surface area contributed by atoms with Crippen LogP contribution in [0.3, 0.4) is 0 Å². The van der Waals surface area contributed by atoms with Gasteiger partial charge >= 0.3 is 0 Å². The molecule has 2 saturated heterocycles. The standard InChI is InChI=1S/C25H37N5O3S/c1-2-3-11-21(31)19(10-7-14-28-25(26)27)29-23(32)20-16-34-22-13-12-18(24(33)30(20)22)15-17-8-5-4-6-9-17/h4-6,8-9,18-20,22H,2-3,7,10-16H2,1H3,(H,29,32)(H4,26,27,28)/t18-,19?,20?,22?/m0/s1. The summed E-state index contributed by atoms with van der Waals surface area (Å²) in [6, 6.07) is 8.88. The molecule has 2 heterocycles. The molecule has 9 heteroatoms. The number of carbonyl (C=O) groups is 3. The van der Waals surface area contributed by atoms with E-state index in [4.69, 9.17) is 11.5 Å². The SMILES string of the molecule is CCCCC(=O)C(CCCN=C(N)N)NC(=O)C1CSC2CC[C@@H](Cc3ccccc3)C(=O)N21. The van der Waals surface area contributed by atoms with Gasteiger partial charge in [-0.3, -0.25) is 19.4 Å². The van der Waals surface area contributed by atoms with Gasteiger partial charge in [0.25, 0.3) is 0 Å². The Morgan fingerprint density at radius 1 is 1.21 bits per heavy atom. The number of rotatable bonds is 12. The number of aliphatic imine (C=N–C) groups is 1. The van der Waals surface area contributed by atoms with Crippen LogP contribution in [-0.2, 0) is 20.8 Å². The van der Waals surface area contributed by atoms with Crippen LogP contribution in [0.5, 0.6) is 0 Å². The summed E-state index contributed by atoms with van der Waals surface area (Å²) in [5, 5.41) is 3.00. The Morgan fingerprint density at radius 2 is 1.97 bits per heavy atom. The van der Waals surface area contributed by atoms with E-state index in [9.17, 15) is 14.4 Å². The van der Waals surface area contributed by atoms with Crippen LogP contribution in [-0.4, -0.2) is 58.2 Å². The van der Waals surface area contributed by atoms with E-state index < -0.39 is 12.1 Å². The van der Waals surface area contributed by atoms with E-state index in [1.807, 2.05) is 37.3 Å². The van der Waals surface area contributed by atoms with E-state index in [1.54, 1.807) is 16.7 Å². The summed E-state index contributed by atoms with van der Waals surface area (Å²) in [7, 11) is 0. The summed E-state index contributed by atoms with van der Waals surface area (Å²) < 4.78 is 0. The molecular formula is C25H37N5O3S. The van der Waals surface area contributed by atoms with E-state index in [-0.39, 0.29) is 34.8 Å². The number of nitrogens with two attached hydrogens (primary N) is 2. The number of nitrogens with zero attached hydrogens (tertiary/aromatic N) is 2. The monoisotopic (exact) mass is 487 g/mol. The topological polar surface area (TPSA) is 131 Å². The van der Waals surface area contributed by atoms with Gasteiger partial charge in [0, 0.05) is 24.6 Å². The van der Waals surface area contributed by atoms with Crippen molar-refractivity contribution >= 4 is 35.3 Å². The lowest BCUT2D eigenvalue weighted by atomic mass is 9.89. The molecule has 34 heavy (non-hydrogen) atoms. The first-order valence-corrected chi connectivity index (χ1v) is 13.3. The largest absolute Gasteiger partial charge is 0.370 e. The first kappa shape index (κ1) is 26.1. The zero-order chi connectivity index (χ0) is 24.5. The van der Waals surface area contributed by atoms with E-state index in [1.165, 1.54) is 0 Å². The van der Waals surface area contributed by atoms with Gasteiger partial charge in [0.1, 0.15) is 6.04 Å². The predicted molar refractivity (Wildman–Crippen MR) is 136 cm³/mol. The lowest BCUT2D eigenvalue weighted by Gasteiger charge is -2.37. The molecule has 5 N–H and O–H groups in total. The fourth-order valence-electron chi connectivity index (χ4n) is 4.66. The quantitative estimate of drug-likeness (QED) is 0.235. The molecule has 0 aliphatic carbocycles. The minimum atomic E-state index is -0.586. The zero-order valence-electron chi connectivity index (χ0n) is 19.9. The Bertz CT molecular complexity index is 875. The van der Waals surface area contributed by atoms with Crippen LogP contribution in [0, 0.1) is 5.92 Å². The number of benzene rings is 1. The Balaban J connectivity index is 1.65. The lowest BCUT2D eigenvalue weighted by molar-refractivity contribution is -0.146. The van der Waals surface area contributed by atoms with Crippen LogP contribution in [0.25, 0.3) is 0 Å². The number of nitrogens with one attached hydrogen (secondary N) is 1. The number of piperidine rings is 1. The fraction of sp³-hybridized carbons (Fsp3) is 0.600. The molecule has 0 aromatic heterocycles. The van der Waals surface area contributed by atoms with Crippen LogP contribution in [0.15, 0.2) is 35.3 Å². The Hall–Kier alpha value is -2.55. The van der Waals surface area contributed by atoms with Gasteiger partial charge in [0.15, 0.2) is 11.7 Å². The average Bonchev–Trinajstić information content (AvgIpc) is 3.27. The van der Waals surface area contributed by atoms with Crippen molar-refractivity contribution in [3.05, 3.63) is 35.9 Å². The minimum Gasteiger partial charge on any atom is -0.370 e. The van der Waals surface area contributed by atoms with E-state index >= 15 is 0 Å². The first-order chi connectivity index (χ1) is 16.4. The third-order valence-electron chi connectivity index (χ3n) is 6.51. The van der Waals surface area contributed by atoms with Crippen molar-refractivity contribution < 1.29 is 14.4 Å². The average molecular weight is 488 g/mol. The molecule has 2 aliphatic heterocycles. The number of ketones is 1. The minimum absolute atomic E-state index is 0.0144. The number of hydrogen-bond donors (Lipinski definition) is 3. The van der Waals surface area contributed by atoms with Gasteiger partial charge in [0.05, 0.1) is 11.4 Å². The maximum Gasteiger partial charge on any atom is 0.244 e. The van der Waals surface area contributed by atoms with Gasteiger partial charge in [0.2, 0.25) is 11.8 Å². The zero-order valence-corrected chi connectivity index (χ0v) is 20.8. The molecule has 2 fully saturated rings. The number of unbranched alkanes of at least 4 members (excludes halogenated alkanes) is 1. The normalized spacial score (nSPS) is 22.7. The molecule has 0 radical (unpaired) electrons. The molecule has 1 aromatic carbocycles. The second kappa shape index (κ2) is 12.8. The number of hydrogen-bond acceptors (Lipinski definition) is 5. The summed E-state index contributed by atoms with van der Waals surface area (Å²) in [5.41, 5.74) is 11.9. The van der Waals surface area contributed by atoms with Gasteiger partial charge in [-0.2, -0.15) is 0 Å². The summed E-state index contributed by atoms with van der Waals surface area (Å²) in [6.07, 6.45) is 5.58. The summed E-state index contributed by atoms with van der Waals surface area (Å²) in [4.78, 5) is 45.2. The van der Waals surface area contributed by atoms with E-state index in [2.05, 4.69) is 10.3 Å². The van der Waals surface area contributed by atoms with Crippen LogP contribution < -0.4 is 16.8 Å². The molecule has 3 rings (SSSR count). The van der Waals surface area contributed by atoms with E-state index in [0.29, 0.717) is 38.0 Å². The third kappa shape index (κ3) is 6.98. The van der Waals surface area contributed by atoms with E-state index in [0.717, 1.165) is 31.2 Å². The second-order valence-corrected chi connectivity index (χ2v) is 10.3. The number of guanidine groups is 1. The van der Waals surface area contributed by atoms with Crippen molar-refractivity contribution in [2.45, 2.75) is 75.7 Å². The third-order valence-corrected chi connectivity index (χ3v) is 7.87. The summed E-state index contributed by atoms with van der Waals surface area (Å²) in [6.45, 7) is 2.44. The van der Waals surface area contributed by atoms with Gasteiger partial charge in [-0.05, 0) is 44.1 Å². The van der Waals surface area contributed by atoms with Crippen molar-refractivity contribution in [3.63, 3.8) is 0 Å². The molecule has 0 bridgehead atoms. The number of fused-ring (bicyclic) bond motifs is 1. The number of amides is 2. The molecule has 4 atom stereocenters. The Labute approximate surface area is 206 Å². The maximum atomic E-state index is 13.4. The lowest BCUT2D eigenvalue weighted by Crippen LogP contribution is -2.56. The molecule has 3 unspecified atom stereocenters. The number of carbonyl (C=O) groups excluding carboxylic acids is 3. The van der Waals surface area contributed by atoms with Crippen LogP contribution in [0.4, 0.5) is 0 Å². The molecule has 2 amide bonds. The molecular weight excluding hydrogens is 450 g/mol. The highest BCUT2D eigenvalue weighted by molar-refractivity contribution is 8.00. The Kier molecular flexibility index (Phi) is 9.80. The Morgan fingerprint density at radius 3 is 2.68 bits per heavy atom. The van der Waals surface area contributed by atoms with Crippen molar-refractivity contribution in [1.29, 1.82) is 0 Å². The molecule has 0 spiro atoms. The van der Waals surface area contributed by atoms with Crippen molar-refractivity contribution in [2.24, 2.45) is 22.4 Å². The molecule has 1 aromatic rings. The maximum absolute atomic E-state index is 13.4. The highest BCUT2D eigenvalue weighted by Gasteiger charge is 2.46. The van der Waals surface area contributed by atoms with Crippen LogP contribution in [0.2, 0.25) is 0 Å². The van der Waals surface area contributed by atoms with Crippen molar-refractivity contribution in [2.75, 3.05) is 12.3 Å². The van der Waals surface area contributed by atoms with Gasteiger partial charge < -0.3 is 21.7 Å². The summed E-state index contributed by atoms with van der Waals surface area (Å²) >= 11 is 1.66. The smallest absolute Gasteiger partial charge is 0.244 e. The van der Waals surface area contributed by atoms with Gasteiger partial charge in [-0.15, -0.1) is 11.8 Å². The van der Waals surface area contributed by atoms with Crippen molar-refractivity contribution in [1.82, 2.24) is 10.2 Å².